The minimum atomic E-state index is 0.0707. The van der Waals surface area contributed by atoms with Gasteiger partial charge in [0.25, 0.3) is 0 Å². The molecule has 2 bridgehead atoms. The van der Waals surface area contributed by atoms with Crippen LogP contribution < -0.4 is 11.1 Å². The van der Waals surface area contributed by atoms with E-state index in [1.165, 1.54) is 18.4 Å². The van der Waals surface area contributed by atoms with Crippen molar-refractivity contribution in [1.82, 2.24) is 5.32 Å². The average Bonchev–Trinajstić information content (AvgIpc) is 2.90. The summed E-state index contributed by atoms with van der Waals surface area (Å²) in [6, 6.07) is 9.31. The van der Waals surface area contributed by atoms with E-state index in [1.807, 2.05) is 12.1 Å². The number of benzene rings is 1. The summed E-state index contributed by atoms with van der Waals surface area (Å²) in [5.74, 6) is 0. The van der Waals surface area contributed by atoms with Crippen LogP contribution in [0.15, 0.2) is 24.3 Å². The van der Waals surface area contributed by atoms with Crippen LogP contribution >= 0.6 is 11.6 Å². The maximum absolute atomic E-state index is 6.33. The predicted octanol–water partition coefficient (Wildman–Crippen LogP) is 2.06. The molecule has 2 heterocycles. The Labute approximate surface area is 101 Å². The third-order valence-electron chi connectivity index (χ3n) is 4.29. The molecule has 3 rings (SSSR count). The molecule has 16 heavy (non-hydrogen) atoms. The zero-order valence-corrected chi connectivity index (χ0v) is 10.0. The summed E-state index contributed by atoms with van der Waals surface area (Å²) in [5.41, 5.74) is 7.36. The van der Waals surface area contributed by atoms with Crippen molar-refractivity contribution in [2.75, 3.05) is 6.54 Å². The van der Waals surface area contributed by atoms with E-state index in [0.29, 0.717) is 18.6 Å². The van der Waals surface area contributed by atoms with Gasteiger partial charge in [-0.25, -0.2) is 0 Å². The van der Waals surface area contributed by atoms with Gasteiger partial charge < -0.3 is 11.1 Å². The summed E-state index contributed by atoms with van der Waals surface area (Å²) in [6.07, 6.45) is 3.65. The molecule has 2 saturated heterocycles. The Morgan fingerprint density at radius 3 is 2.75 bits per heavy atom. The second-order valence-electron chi connectivity index (χ2n) is 5.04. The molecule has 2 nitrogen and oxygen atoms in total. The van der Waals surface area contributed by atoms with Gasteiger partial charge in [-0.1, -0.05) is 29.8 Å². The summed E-state index contributed by atoms with van der Waals surface area (Å²) < 4.78 is 0. The molecule has 1 aromatic rings. The minimum absolute atomic E-state index is 0.0707. The molecule has 3 N–H and O–H groups in total. The fourth-order valence-corrected chi connectivity index (χ4v) is 3.82. The fourth-order valence-electron chi connectivity index (χ4n) is 3.50. The molecule has 2 aliphatic heterocycles. The number of nitrogens with two attached hydrogens (primary N) is 1. The first kappa shape index (κ1) is 10.6. The van der Waals surface area contributed by atoms with Crippen LogP contribution in [0.5, 0.6) is 0 Å². The molecule has 0 spiro atoms. The van der Waals surface area contributed by atoms with Crippen molar-refractivity contribution in [3.8, 4) is 0 Å². The highest BCUT2D eigenvalue weighted by molar-refractivity contribution is 6.31. The zero-order valence-electron chi connectivity index (χ0n) is 9.25. The standard InChI is InChI=1S/C13H17ClN2/c14-11-4-2-1-3-10(11)13(8-15)7-9-5-6-12(13)16-9/h1-4,9,12,16H,5-8,15H2. The Morgan fingerprint density at radius 2 is 2.19 bits per heavy atom. The molecular weight excluding hydrogens is 220 g/mol. The number of hydrogen-bond donors (Lipinski definition) is 2. The molecule has 86 valence electrons. The molecule has 0 aromatic heterocycles. The molecule has 3 unspecified atom stereocenters. The second kappa shape index (κ2) is 3.73. The zero-order chi connectivity index (χ0) is 11.2. The smallest absolute Gasteiger partial charge is 0.0444 e. The summed E-state index contributed by atoms with van der Waals surface area (Å²) >= 11 is 6.33. The average molecular weight is 237 g/mol. The van der Waals surface area contributed by atoms with Crippen LogP contribution in [0.4, 0.5) is 0 Å². The topological polar surface area (TPSA) is 38.0 Å². The lowest BCUT2D eigenvalue weighted by atomic mass is 9.69. The predicted molar refractivity (Wildman–Crippen MR) is 66.7 cm³/mol. The molecule has 0 saturated carbocycles. The third kappa shape index (κ3) is 1.33. The number of halogens is 1. The Bertz CT molecular complexity index is 407. The summed E-state index contributed by atoms with van der Waals surface area (Å²) in [4.78, 5) is 0. The van der Waals surface area contributed by atoms with Gasteiger partial charge in [-0.05, 0) is 30.9 Å². The number of rotatable bonds is 2. The molecule has 2 aliphatic rings. The van der Waals surface area contributed by atoms with Crippen LogP contribution in [0, 0.1) is 0 Å². The second-order valence-corrected chi connectivity index (χ2v) is 5.44. The van der Waals surface area contributed by atoms with Crippen LogP contribution in [0.25, 0.3) is 0 Å². The molecular formula is C13H17ClN2. The van der Waals surface area contributed by atoms with Gasteiger partial charge in [-0.3, -0.25) is 0 Å². The first-order chi connectivity index (χ1) is 7.76. The highest BCUT2D eigenvalue weighted by Crippen LogP contribution is 2.46. The van der Waals surface area contributed by atoms with Crippen LogP contribution in [0.1, 0.15) is 24.8 Å². The van der Waals surface area contributed by atoms with Crippen molar-refractivity contribution in [1.29, 1.82) is 0 Å². The Kier molecular flexibility index (Phi) is 2.46. The van der Waals surface area contributed by atoms with Crippen molar-refractivity contribution in [2.24, 2.45) is 5.73 Å². The quantitative estimate of drug-likeness (QED) is 0.825. The molecule has 3 heteroatoms. The van der Waals surface area contributed by atoms with Gasteiger partial charge in [0, 0.05) is 29.1 Å². The van der Waals surface area contributed by atoms with Crippen molar-refractivity contribution in [3.05, 3.63) is 34.9 Å². The Morgan fingerprint density at radius 1 is 1.38 bits per heavy atom. The maximum atomic E-state index is 6.33. The van der Waals surface area contributed by atoms with E-state index in [4.69, 9.17) is 17.3 Å². The van der Waals surface area contributed by atoms with Crippen LogP contribution in [0.2, 0.25) is 5.02 Å². The van der Waals surface area contributed by atoms with Crippen molar-refractivity contribution >= 4 is 11.6 Å². The highest BCUT2D eigenvalue weighted by Gasteiger charge is 2.51. The van der Waals surface area contributed by atoms with Crippen molar-refractivity contribution in [3.63, 3.8) is 0 Å². The van der Waals surface area contributed by atoms with Gasteiger partial charge in [0.2, 0.25) is 0 Å². The maximum Gasteiger partial charge on any atom is 0.0444 e. The SMILES string of the molecule is NCC1(c2ccccc2Cl)CC2CCC1N2. The fraction of sp³-hybridized carbons (Fsp3) is 0.538. The van der Waals surface area contributed by atoms with Crippen molar-refractivity contribution < 1.29 is 0 Å². The van der Waals surface area contributed by atoms with Crippen LogP contribution in [0.3, 0.4) is 0 Å². The summed E-state index contributed by atoms with van der Waals surface area (Å²) in [6.45, 7) is 0.685. The minimum Gasteiger partial charge on any atom is -0.330 e. The first-order valence-electron chi connectivity index (χ1n) is 5.97. The largest absolute Gasteiger partial charge is 0.330 e. The lowest BCUT2D eigenvalue weighted by molar-refractivity contribution is 0.340. The van der Waals surface area contributed by atoms with E-state index in [-0.39, 0.29) is 5.41 Å². The Balaban J connectivity index is 2.06. The van der Waals surface area contributed by atoms with Gasteiger partial charge >= 0.3 is 0 Å². The Hall–Kier alpha value is -0.570. The molecule has 0 amide bonds. The number of nitrogens with one attached hydrogen (secondary N) is 1. The van der Waals surface area contributed by atoms with E-state index in [2.05, 4.69) is 17.4 Å². The van der Waals surface area contributed by atoms with E-state index < -0.39 is 0 Å². The molecule has 0 radical (unpaired) electrons. The highest BCUT2D eigenvalue weighted by atomic mass is 35.5. The lowest BCUT2D eigenvalue weighted by Gasteiger charge is -2.36. The van der Waals surface area contributed by atoms with Gasteiger partial charge in [0.05, 0.1) is 0 Å². The van der Waals surface area contributed by atoms with Gasteiger partial charge in [-0.2, -0.15) is 0 Å². The molecule has 3 atom stereocenters. The van der Waals surface area contributed by atoms with E-state index >= 15 is 0 Å². The van der Waals surface area contributed by atoms with Crippen LogP contribution in [-0.4, -0.2) is 18.6 Å². The van der Waals surface area contributed by atoms with Crippen LogP contribution in [-0.2, 0) is 5.41 Å². The van der Waals surface area contributed by atoms with Crippen molar-refractivity contribution in [2.45, 2.75) is 36.8 Å². The number of hydrogen-bond acceptors (Lipinski definition) is 2. The van der Waals surface area contributed by atoms with E-state index in [9.17, 15) is 0 Å². The van der Waals surface area contributed by atoms with E-state index in [1.54, 1.807) is 0 Å². The van der Waals surface area contributed by atoms with Gasteiger partial charge in [0.15, 0.2) is 0 Å². The van der Waals surface area contributed by atoms with Gasteiger partial charge in [-0.15, -0.1) is 0 Å². The molecule has 0 aliphatic carbocycles. The first-order valence-corrected chi connectivity index (χ1v) is 6.35. The normalized spacial score (nSPS) is 36.9. The van der Waals surface area contributed by atoms with E-state index in [0.717, 1.165) is 11.4 Å². The molecule has 2 fully saturated rings. The third-order valence-corrected chi connectivity index (χ3v) is 4.62. The molecule has 1 aromatic carbocycles. The van der Waals surface area contributed by atoms with Gasteiger partial charge in [0.1, 0.15) is 0 Å². The summed E-state index contributed by atoms with van der Waals surface area (Å²) in [5, 5.41) is 4.52. The lowest BCUT2D eigenvalue weighted by Crippen LogP contribution is -2.45. The monoisotopic (exact) mass is 236 g/mol. The number of fused-ring (bicyclic) bond motifs is 2. The summed E-state index contributed by atoms with van der Waals surface area (Å²) in [7, 11) is 0.